The minimum atomic E-state index is -0.268. The van der Waals surface area contributed by atoms with Gasteiger partial charge in [-0.2, -0.15) is 5.10 Å². The van der Waals surface area contributed by atoms with Crippen molar-refractivity contribution in [1.29, 1.82) is 0 Å². The summed E-state index contributed by atoms with van der Waals surface area (Å²) in [4.78, 5) is 17.3. The van der Waals surface area contributed by atoms with Gasteiger partial charge in [0.15, 0.2) is 0 Å². The maximum absolute atomic E-state index is 12.6. The van der Waals surface area contributed by atoms with Crippen LogP contribution in [0.1, 0.15) is 22.5 Å². The molecule has 1 heterocycles. The van der Waals surface area contributed by atoms with Crippen molar-refractivity contribution < 1.29 is 9.90 Å². The molecule has 0 aliphatic carbocycles. The lowest BCUT2D eigenvalue weighted by molar-refractivity contribution is -0.121. The summed E-state index contributed by atoms with van der Waals surface area (Å²) in [6, 6.07) is 23.0. The number of hydrogen-bond acceptors (Lipinski definition) is 4. The highest BCUT2D eigenvalue weighted by Gasteiger charge is 2.14. The van der Waals surface area contributed by atoms with Gasteiger partial charge < -0.3 is 9.67 Å². The van der Waals surface area contributed by atoms with Crippen LogP contribution in [0.25, 0.3) is 11.0 Å². The summed E-state index contributed by atoms with van der Waals surface area (Å²) < 4.78 is 1.91. The third-order valence-electron chi connectivity index (χ3n) is 4.82. The van der Waals surface area contributed by atoms with Crippen molar-refractivity contribution in [3.05, 3.63) is 95.3 Å². The number of phenolic OH excluding ortho intramolecular Hbond substituents is 1. The number of rotatable bonds is 6. The minimum absolute atomic E-state index is 0.0970. The molecule has 2 N–H and O–H groups in total. The molecule has 0 spiro atoms. The van der Waals surface area contributed by atoms with E-state index in [9.17, 15) is 9.90 Å². The zero-order chi connectivity index (χ0) is 20.9. The molecule has 150 valence electrons. The van der Waals surface area contributed by atoms with E-state index >= 15 is 0 Å². The molecule has 6 nitrogen and oxygen atoms in total. The van der Waals surface area contributed by atoms with Gasteiger partial charge in [-0.3, -0.25) is 4.79 Å². The van der Waals surface area contributed by atoms with Gasteiger partial charge in [0.25, 0.3) is 5.91 Å². The molecule has 0 saturated heterocycles. The Morgan fingerprint density at radius 2 is 1.87 bits per heavy atom. The van der Waals surface area contributed by atoms with Crippen LogP contribution in [0.4, 0.5) is 0 Å². The second-order valence-electron chi connectivity index (χ2n) is 7.12. The Morgan fingerprint density at radius 1 is 1.10 bits per heavy atom. The van der Waals surface area contributed by atoms with Gasteiger partial charge in [-0.1, -0.05) is 54.1 Å². The number of nitrogens with one attached hydrogen (secondary N) is 1. The van der Waals surface area contributed by atoms with E-state index in [2.05, 4.69) is 10.5 Å². The normalized spacial score (nSPS) is 11.2. The van der Waals surface area contributed by atoms with Crippen molar-refractivity contribution >= 4 is 23.2 Å². The summed E-state index contributed by atoms with van der Waals surface area (Å²) in [5.74, 6) is 0.665. The first-order valence-electron chi connectivity index (χ1n) is 9.70. The van der Waals surface area contributed by atoms with Gasteiger partial charge in [-0.25, -0.2) is 10.4 Å². The molecule has 1 aromatic heterocycles. The van der Waals surface area contributed by atoms with Gasteiger partial charge >= 0.3 is 0 Å². The number of benzene rings is 3. The number of hydrazone groups is 1. The van der Waals surface area contributed by atoms with Crippen molar-refractivity contribution in [3.8, 4) is 5.75 Å². The van der Waals surface area contributed by atoms with E-state index in [-0.39, 0.29) is 18.2 Å². The highest BCUT2D eigenvalue weighted by Crippen LogP contribution is 2.19. The highest BCUT2D eigenvalue weighted by atomic mass is 16.3. The van der Waals surface area contributed by atoms with Crippen molar-refractivity contribution in [1.82, 2.24) is 15.0 Å². The number of aromatic nitrogens is 2. The first-order chi connectivity index (χ1) is 14.6. The lowest BCUT2D eigenvalue weighted by Gasteiger charge is -2.08. The summed E-state index contributed by atoms with van der Waals surface area (Å²) in [6.45, 7) is 2.02. The Balaban J connectivity index is 1.53. The number of para-hydroxylation sites is 2. The molecule has 0 fully saturated rings. The standard InChI is InChI=1S/C24H22N4O2/c1-17-11-12-22(29)19(13-17)15-25-27-24(30)16-28-21-10-6-5-9-20(21)26-23(28)14-18-7-3-2-4-8-18/h2-13,15,29H,14,16H2,1H3,(H,27,30). The summed E-state index contributed by atoms with van der Waals surface area (Å²) in [5.41, 5.74) is 6.97. The molecule has 0 unspecified atom stereocenters. The van der Waals surface area contributed by atoms with Crippen LogP contribution in [0, 0.1) is 6.92 Å². The maximum atomic E-state index is 12.6. The monoisotopic (exact) mass is 398 g/mol. The van der Waals surface area contributed by atoms with Crippen molar-refractivity contribution in [2.24, 2.45) is 5.10 Å². The van der Waals surface area contributed by atoms with Gasteiger partial charge in [-0.05, 0) is 36.8 Å². The van der Waals surface area contributed by atoms with Crippen LogP contribution in [0.2, 0.25) is 0 Å². The molecule has 30 heavy (non-hydrogen) atoms. The average molecular weight is 398 g/mol. The molecule has 4 rings (SSSR count). The van der Waals surface area contributed by atoms with Crippen LogP contribution >= 0.6 is 0 Å². The van der Waals surface area contributed by atoms with Crippen molar-refractivity contribution in [3.63, 3.8) is 0 Å². The van der Waals surface area contributed by atoms with Crippen LogP contribution < -0.4 is 5.43 Å². The van der Waals surface area contributed by atoms with E-state index in [1.54, 1.807) is 12.1 Å². The second kappa shape index (κ2) is 8.61. The number of hydrogen-bond donors (Lipinski definition) is 2. The Kier molecular flexibility index (Phi) is 5.57. The summed E-state index contributed by atoms with van der Waals surface area (Å²) in [6.07, 6.45) is 2.07. The number of aryl methyl sites for hydroxylation is 1. The van der Waals surface area contributed by atoms with Crippen molar-refractivity contribution in [2.75, 3.05) is 0 Å². The molecule has 0 atom stereocenters. The van der Waals surface area contributed by atoms with Gasteiger partial charge in [0, 0.05) is 12.0 Å². The fourth-order valence-electron chi connectivity index (χ4n) is 3.35. The Labute approximate surface area is 174 Å². The fraction of sp³-hybridized carbons (Fsp3) is 0.125. The van der Waals surface area contributed by atoms with E-state index in [1.807, 2.05) is 72.2 Å². The van der Waals surface area contributed by atoms with Gasteiger partial charge in [0.05, 0.1) is 17.2 Å². The second-order valence-corrected chi connectivity index (χ2v) is 7.12. The average Bonchev–Trinajstić information content (AvgIpc) is 3.08. The third-order valence-corrected chi connectivity index (χ3v) is 4.82. The Bertz CT molecular complexity index is 1210. The largest absolute Gasteiger partial charge is 0.507 e. The summed E-state index contributed by atoms with van der Waals surface area (Å²) >= 11 is 0. The predicted molar refractivity (Wildman–Crippen MR) is 118 cm³/mol. The van der Waals surface area contributed by atoms with Crippen LogP contribution in [0.15, 0.2) is 77.9 Å². The first kappa shape index (κ1) is 19.4. The van der Waals surface area contributed by atoms with E-state index < -0.39 is 0 Å². The third kappa shape index (κ3) is 4.38. The topological polar surface area (TPSA) is 79.5 Å². The minimum Gasteiger partial charge on any atom is -0.507 e. The number of carbonyl (C=O) groups excluding carboxylic acids is 1. The van der Waals surface area contributed by atoms with Crippen LogP contribution in [-0.4, -0.2) is 26.8 Å². The first-order valence-corrected chi connectivity index (χ1v) is 9.70. The molecular formula is C24H22N4O2. The number of nitrogens with zero attached hydrogens (tertiary/aromatic N) is 3. The van der Waals surface area contributed by atoms with Gasteiger partial charge in [0.2, 0.25) is 0 Å². The maximum Gasteiger partial charge on any atom is 0.260 e. The zero-order valence-corrected chi connectivity index (χ0v) is 16.6. The van der Waals surface area contributed by atoms with Gasteiger partial charge in [-0.15, -0.1) is 0 Å². The molecule has 1 amide bonds. The molecule has 4 aromatic rings. The number of amides is 1. The number of aromatic hydroxyl groups is 1. The Morgan fingerprint density at radius 3 is 2.70 bits per heavy atom. The van der Waals surface area contributed by atoms with Gasteiger partial charge in [0.1, 0.15) is 18.1 Å². The number of fused-ring (bicyclic) bond motifs is 1. The molecule has 0 aliphatic heterocycles. The molecule has 0 saturated carbocycles. The molecule has 0 aliphatic rings. The molecule has 0 radical (unpaired) electrons. The smallest absolute Gasteiger partial charge is 0.260 e. The lowest BCUT2D eigenvalue weighted by Crippen LogP contribution is -2.24. The lowest BCUT2D eigenvalue weighted by atomic mass is 10.1. The molecule has 0 bridgehead atoms. The molecule has 6 heteroatoms. The number of phenols is 1. The number of imidazole rings is 1. The SMILES string of the molecule is Cc1ccc(O)c(C=NNC(=O)Cn2c(Cc3ccccc3)nc3ccccc32)c1. The highest BCUT2D eigenvalue weighted by molar-refractivity contribution is 5.86. The summed E-state index contributed by atoms with van der Waals surface area (Å²) in [5, 5.41) is 13.9. The van der Waals surface area contributed by atoms with Crippen molar-refractivity contribution in [2.45, 2.75) is 19.9 Å². The quantitative estimate of drug-likeness (QED) is 0.383. The van der Waals surface area contributed by atoms with Crippen LogP contribution in [0.3, 0.4) is 0 Å². The van der Waals surface area contributed by atoms with E-state index in [0.717, 1.165) is 28.0 Å². The fourth-order valence-corrected chi connectivity index (χ4v) is 3.35. The van der Waals surface area contributed by atoms with E-state index in [1.165, 1.54) is 6.21 Å². The predicted octanol–water partition coefficient (Wildman–Crippen LogP) is 3.79. The number of carbonyl (C=O) groups is 1. The molecule has 3 aromatic carbocycles. The van der Waals surface area contributed by atoms with Crippen LogP contribution in [-0.2, 0) is 17.8 Å². The Hall–Kier alpha value is -3.93. The van der Waals surface area contributed by atoms with E-state index in [4.69, 9.17) is 4.98 Å². The molecular weight excluding hydrogens is 376 g/mol. The van der Waals surface area contributed by atoms with Crippen LogP contribution in [0.5, 0.6) is 5.75 Å². The summed E-state index contributed by atoms with van der Waals surface area (Å²) in [7, 11) is 0. The zero-order valence-electron chi connectivity index (χ0n) is 16.6. The van der Waals surface area contributed by atoms with E-state index in [0.29, 0.717) is 12.0 Å².